The number of rotatable bonds is 13. The number of anilines is 1. The number of benzene rings is 2. The number of carbonyl (C=O) groups is 3. The summed E-state index contributed by atoms with van der Waals surface area (Å²) in [5.41, 5.74) is -1.52. The first-order valence-electron chi connectivity index (χ1n) is 14.8. The molecule has 2 N–H and O–H groups in total. The molecule has 2 rings (SSSR count). The Kier molecular flexibility index (Phi) is 13.5. The molecule has 0 saturated heterocycles. The van der Waals surface area contributed by atoms with E-state index in [0.717, 1.165) is 0 Å². The predicted octanol–water partition coefficient (Wildman–Crippen LogP) is 7.99. The van der Waals surface area contributed by atoms with Crippen molar-refractivity contribution in [2.24, 2.45) is 0 Å². The van der Waals surface area contributed by atoms with E-state index in [-0.39, 0.29) is 46.0 Å². The summed E-state index contributed by atoms with van der Waals surface area (Å²) >= 11 is 3.27. The van der Waals surface area contributed by atoms with Gasteiger partial charge in [0.05, 0.1) is 0 Å². The summed E-state index contributed by atoms with van der Waals surface area (Å²) in [6.45, 7) is 13.6. The van der Waals surface area contributed by atoms with Gasteiger partial charge in [0.1, 0.15) is 30.2 Å². The van der Waals surface area contributed by atoms with Crippen LogP contribution in [0.25, 0.3) is 0 Å². The maximum absolute atomic E-state index is 16.6. The van der Waals surface area contributed by atoms with E-state index in [1.54, 1.807) is 51.1 Å². The molecule has 15 heteroatoms. The van der Waals surface area contributed by atoms with Gasteiger partial charge in [-0.3, -0.25) is 14.5 Å². The lowest BCUT2D eigenvalue weighted by molar-refractivity contribution is -0.171. The van der Waals surface area contributed by atoms with Gasteiger partial charge in [0.15, 0.2) is 14.1 Å². The Morgan fingerprint density at radius 2 is 1.64 bits per heavy atom. The highest BCUT2D eigenvalue weighted by Gasteiger charge is 2.46. The highest BCUT2D eigenvalue weighted by Crippen LogP contribution is 2.41. The van der Waals surface area contributed by atoms with Gasteiger partial charge in [-0.2, -0.15) is 13.2 Å². The molecule has 0 fully saturated rings. The molecule has 0 aromatic heterocycles. The molecule has 2 aromatic rings. The fourth-order valence-corrected chi connectivity index (χ4v) is 5.67. The van der Waals surface area contributed by atoms with Crippen LogP contribution in [0.4, 0.5) is 28.0 Å². The van der Waals surface area contributed by atoms with Gasteiger partial charge < -0.3 is 24.3 Å². The highest BCUT2D eigenvalue weighted by molar-refractivity contribution is 9.10. The van der Waals surface area contributed by atoms with E-state index in [2.05, 4.69) is 42.0 Å². The lowest BCUT2D eigenvalue weighted by atomic mass is 10.0. The number of carboxylic acids is 1. The maximum atomic E-state index is 16.6. The van der Waals surface area contributed by atoms with Gasteiger partial charge in [0, 0.05) is 22.7 Å². The van der Waals surface area contributed by atoms with Crippen molar-refractivity contribution in [2.45, 2.75) is 96.9 Å². The van der Waals surface area contributed by atoms with Crippen LogP contribution in [0.2, 0.25) is 18.1 Å². The molecule has 1 atom stereocenters. The van der Waals surface area contributed by atoms with Crippen molar-refractivity contribution in [2.75, 3.05) is 18.1 Å². The summed E-state index contributed by atoms with van der Waals surface area (Å²) in [5, 5.41) is 12.0. The molecular weight excluding hydrogens is 708 g/mol. The van der Waals surface area contributed by atoms with Crippen LogP contribution < -0.4 is 15.0 Å². The molecule has 0 aliphatic carbocycles. The Balaban J connectivity index is 2.64. The van der Waals surface area contributed by atoms with E-state index in [1.807, 2.05) is 13.1 Å². The zero-order chi connectivity index (χ0) is 36.0. The van der Waals surface area contributed by atoms with Gasteiger partial charge in [0.2, 0.25) is 0 Å². The van der Waals surface area contributed by atoms with Crippen LogP contribution in [0.5, 0.6) is 5.75 Å². The van der Waals surface area contributed by atoms with Crippen molar-refractivity contribution < 1.29 is 51.0 Å². The fourth-order valence-electron chi connectivity index (χ4n) is 4.07. The minimum atomic E-state index is -5.53. The number of halogens is 5. The summed E-state index contributed by atoms with van der Waals surface area (Å²) in [4.78, 5) is 36.7. The number of carbonyl (C=O) groups excluding carboxylic acids is 2. The molecular formula is C32H43BrF4N2O7Si. The summed E-state index contributed by atoms with van der Waals surface area (Å²) < 4.78 is 75.1. The number of alkyl halides is 3. The fraction of sp³-hybridized carbons (Fsp3) is 0.531. The number of ether oxygens (including phenoxy) is 2. The first-order valence-corrected chi connectivity index (χ1v) is 18.5. The molecule has 262 valence electrons. The van der Waals surface area contributed by atoms with Gasteiger partial charge in [-0.25, -0.2) is 9.18 Å². The third-order valence-corrected chi connectivity index (χ3v) is 12.7. The van der Waals surface area contributed by atoms with Crippen LogP contribution in [0.15, 0.2) is 40.9 Å². The number of aliphatic carboxylic acids is 1. The third-order valence-electron chi connectivity index (χ3n) is 7.45. The zero-order valence-electron chi connectivity index (χ0n) is 27.8. The lowest BCUT2D eigenvalue weighted by Crippen LogP contribution is -2.45. The van der Waals surface area contributed by atoms with E-state index >= 15 is 4.39 Å². The predicted molar refractivity (Wildman–Crippen MR) is 176 cm³/mol. The minimum absolute atomic E-state index is 0.0536. The molecule has 2 aromatic carbocycles. The monoisotopic (exact) mass is 750 g/mol. The molecule has 0 aliphatic rings. The van der Waals surface area contributed by atoms with Gasteiger partial charge in [0.25, 0.3) is 0 Å². The second-order valence-electron chi connectivity index (χ2n) is 13.5. The normalized spacial score (nSPS) is 13.1. The van der Waals surface area contributed by atoms with Crippen LogP contribution >= 0.6 is 15.9 Å². The van der Waals surface area contributed by atoms with Gasteiger partial charge >= 0.3 is 24.1 Å². The average molecular weight is 752 g/mol. The Morgan fingerprint density at radius 1 is 1.04 bits per heavy atom. The number of hydrogen-bond donors (Lipinski definition) is 2. The number of hydrogen-bond acceptors (Lipinski definition) is 6. The van der Waals surface area contributed by atoms with Crippen molar-refractivity contribution in [3.63, 3.8) is 0 Å². The molecule has 0 saturated carbocycles. The number of nitrogens with one attached hydrogen (secondary N) is 1. The van der Waals surface area contributed by atoms with E-state index in [9.17, 15) is 32.7 Å². The summed E-state index contributed by atoms with van der Waals surface area (Å²) in [5.74, 6) is -6.24. The number of nitrogens with zero attached hydrogens (tertiary/aromatic N) is 1. The topological polar surface area (TPSA) is 114 Å². The van der Waals surface area contributed by atoms with Gasteiger partial charge in [-0.05, 0) is 63.4 Å². The Bertz CT molecular complexity index is 1410. The first kappa shape index (κ1) is 40.0. The smallest absolute Gasteiger partial charge is 0.471 e. The standard InChI is InChI=1S/C32H43BrF4N2O7Si/c1-30(2,3)46-29(43)38-21(14-15-45-47(7,8)31(4,5)6)16-22-23(33)17-24(44-19-20-12-10-9-11-13-20)27(26(22)34)39(18-25(40)41)28(42)32(35,36)37/h9-13,17,21H,14-16,18-19H2,1-8H3,(H,38,43)(H,40,41). The highest BCUT2D eigenvalue weighted by atomic mass is 79.9. The quantitative estimate of drug-likeness (QED) is 0.158. The van der Waals surface area contributed by atoms with E-state index in [0.29, 0.717) is 5.56 Å². The van der Waals surface area contributed by atoms with E-state index < -0.39 is 67.9 Å². The number of carboxylic acid groups (broad SMARTS) is 1. The average Bonchev–Trinajstić information content (AvgIpc) is 2.90. The molecule has 0 aliphatic heterocycles. The molecule has 9 nitrogen and oxygen atoms in total. The molecule has 47 heavy (non-hydrogen) atoms. The summed E-state index contributed by atoms with van der Waals surface area (Å²) in [6.07, 6.45) is -6.47. The van der Waals surface area contributed by atoms with Crippen LogP contribution in [-0.2, 0) is 31.8 Å². The SMILES string of the molecule is CC(C)(C)OC(=O)NC(CCO[Si](C)(C)C(C)(C)C)Cc1c(Br)cc(OCc2ccccc2)c(N(CC(=O)O)C(=O)C(F)(F)F)c1F. The number of alkyl carbamates (subject to hydrolysis) is 1. The number of amides is 2. The van der Waals surface area contributed by atoms with Crippen molar-refractivity contribution in [3.05, 3.63) is 57.8 Å². The third kappa shape index (κ3) is 12.1. The van der Waals surface area contributed by atoms with Crippen molar-refractivity contribution >= 4 is 47.9 Å². The largest absolute Gasteiger partial charge is 0.487 e. The van der Waals surface area contributed by atoms with Crippen LogP contribution in [-0.4, -0.2) is 62.4 Å². The molecule has 1 unspecified atom stereocenters. The molecule has 0 heterocycles. The Hall–Kier alpha value is -3.17. The Labute approximate surface area is 282 Å². The lowest BCUT2D eigenvalue weighted by Gasteiger charge is -2.36. The second kappa shape index (κ2) is 15.8. The van der Waals surface area contributed by atoms with Crippen molar-refractivity contribution in [1.82, 2.24) is 5.32 Å². The summed E-state index contributed by atoms with van der Waals surface area (Å²) in [6, 6.07) is 8.76. The summed E-state index contributed by atoms with van der Waals surface area (Å²) in [7, 11) is -2.23. The molecule has 0 radical (unpaired) electrons. The van der Waals surface area contributed by atoms with Crippen LogP contribution in [0.1, 0.15) is 59.1 Å². The van der Waals surface area contributed by atoms with Crippen molar-refractivity contribution in [3.8, 4) is 5.75 Å². The van der Waals surface area contributed by atoms with Crippen LogP contribution in [0, 0.1) is 5.82 Å². The van der Waals surface area contributed by atoms with Crippen molar-refractivity contribution in [1.29, 1.82) is 0 Å². The minimum Gasteiger partial charge on any atom is -0.487 e. The van der Waals surface area contributed by atoms with Gasteiger partial charge in [-0.15, -0.1) is 0 Å². The molecule has 0 spiro atoms. The zero-order valence-corrected chi connectivity index (χ0v) is 30.4. The van der Waals surface area contributed by atoms with Crippen LogP contribution in [0.3, 0.4) is 0 Å². The maximum Gasteiger partial charge on any atom is 0.471 e. The Morgan fingerprint density at radius 3 is 2.15 bits per heavy atom. The molecule has 0 bridgehead atoms. The second-order valence-corrected chi connectivity index (χ2v) is 19.2. The van der Waals surface area contributed by atoms with E-state index in [1.165, 1.54) is 6.07 Å². The van der Waals surface area contributed by atoms with E-state index in [4.69, 9.17) is 13.9 Å². The molecule has 2 amide bonds. The first-order chi connectivity index (χ1) is 21.4. The van der Waals surface area contributed by atoms with Gasteiger partial charge in [-0.1, -0.05) is 67.0 Å².